The summed E-state index contributed by atoms with van der Waals surface area (Å²) < 4.78 is 1.22. The highest BCUT2D eigenvalue weighted by atomic mass is 32.1. The number of benzene rings is 2. The number of aromatic nitrogens is 1. The van der Waals surface area contributed by atoms with Crippen molar-refractivity contribution in [2.75, 3.05) is 39.8 Å². The summed E-state index contributed by atoms with van der Waals surface area (Å²) in [4.78, 5) is 22.3. The third-order valence-corrected chi connectivity index (χ3v) is 6.81. The highest BCUT2D eigenvalue weighted by molar-refractivity contribution is 7.18. The van der Waals surface area contributed by atoms with Crippen LogP contribution in [-0.2, 0) is 17.9 Å². The summed E-state index contributed by atoms with van der Waals surface area (Å²) in [6.45, 7) is 8.32. The molecule has 0 aliphatic carbocycles. The molecule has 1 aromatic heterocycles. The number of quaternary nitrogens is 2. The molecule has 0 bridgehead atoms. The number of amides is 1. The Hall–Kier alpha value is -2.28. The first-order valence-electron chi connectivity index (χ1n) is 10.4. The smallest absolute Gasteiger partial charge is 0.278 e. The van der Waals surface area contributed by atoms with Crippen molar-refractivity contribution < 1.29 is 14.6 Å². The zero-order valence-electron chi connectivity index (χ0n) is 17.3. The maximum atomic E-state index is 12.8. The van der Waals surface area contributed by atoms with Crippen LogP contribution in [0.5, 0.6) is 0 Å². The molecule has 2 aromatic carbocycles. The van der Waals surface area contributed by atoms with Gasteiger partial charge in [-0.1, -0.05) is 36.4 Å². The molecule has 1 unspecified atom stereocenters. The first-order valence-corrected chi connectivity index (χ1v) is 11.2. The Kier molecular flexibility index (Phi) is 6.23. The number of rotatable bonds is 6. The van der Waals surface area contributed by atoms with Crippen molar-refractivity contribution in [2.24, 2.45) is 0 Å². The van der Waals surface area contributed by atoms with Crippen LogP contribution in [0.3, 0.4) is 0 Å². The zero-order chi connectivity index (χ0) is 20.2. The van der Waals surface area contributed by atoms with Crippen LogP contribution in [0.25, 0.3) is 10.2 Å². The summed E-state index contributed by atoms with van der Waals surface area (Å²) in [5.41, 5.74) is 3.83. The van der Waals surface area contributed by atoms with E-state index in [-0.39, 0.29) is 5.91 Å². The van der Waals surface area contributed by atoms with Gasteiger partial charge in [-0.05, 0) is 24.6 Å². The molecule has 0 radical (unpaired) electrons. The maximum absolute atomic E-state index is 12.8. The summed E-state index contributed by atoms with van der Waals surface area (Å²) >= 11 is 1.73. The summed E-state index contributed by atoms with van der Waals surface area (Å²) in [6, 6.07) is 16.8. The Morgan fingerprint density at radius 1 is 1.14 bits per heavy atom. The predicted molar refractivity (Wildman–Crippen MR) is 117 cm³/mol. The number of thiazole rings is 1. The average Bonchev–Trinajstić information content (AvgIpc) is 3.12. The van der Waals surface area contributed by atoms with Crippen LogP contribution < -0.4 is 9.80 Å². The van der Waals surface area contributed by atoms with E-state index >= 15 is 0 Å². The van der Waals surface area contributed by atoms with E-state index in [0.717, 1.165) is 49.8 Å². The predicted octanol–water partition coefficient (Wildman–Crippen LogP) is 0.547. The second-order valence-corrected chi connectivity index (χ2v) is 9.24. The average molecular weight is 411 g/mol. The number of aryl methyl sites for hydroxylation is 1. The van der Waals surface area contributed by atoms with E-state index in [4.69, 9.17) is 4.98 Å². The van der Waals surface area contributed by atoms with Gasteiger partial charge in [0, 0.05) is 5.56 Å². The third-order valence-electron chi connectivity index (χ3n) is 5.77. The lowest BCUT2D eigenvalue weighted by Gasteiger charge is -2.32. The lowest BCUT2D eigenvalue weighted by atomic mass is 10.1. The monoisotopic (exact) mass is 410 g/mol. The van der Waals surface area contributed by atoms with Gasteiger partial charge in [0.05, 0.1) is 43.4 Å². The molecule has 3 aromatic rings. The third kappa shape index (κ3) is 5.01. The molecule has 1 amide bonds. The van der Waals surface area contributed by atoms with Crippen molar-refractivity contribution in [1.29, 1.82) is 0 Å². The maximum Gasteiger partial charge on any atom is 0.278 e. The second kappa shape index (κ2) is 9.03. The van der Waals surface area contributed by atoms with Crippen LogP contribution in [-0.4, -0.2) is 55.6 Å². The fraction of sp³-hybridized carbons (Fsp3) is 0.391. The molecule has 4 rings (SSSR count). The molecule has 1 saturated heterocycles. The molecule has 1 aliphatic heterocycles. The Bertz CT molecular complexity index is 945. The lowest BCUT2D eigenvalue weighted by molar-refractivity contribution is -0.918. The lowest BCUT2D eigenvalue weighted by Crippen LogP contribution is -3.14. The molecule has 1 aliphatic rings. The number of fused-ring (bicyclic) bond motifs is 1. The van der Waals surface area contributed by atoms with Gasteiger partial charge >= 0.3 is 0 Å². The Morgan fingerprint density at radius 3 is 2.62 bits per heavy atom. The van der Waals surface area contributed by atoms with Crippen LogP contribution in [0.1, 0.15) is 16.1 Å². The number of hydrogen-bond donors (Lipinski definition) is 2. The van der Waals surface area contributed by atoms with Gasteiger partial charge in [-0.25, -0.2) is 4.98 Å². The Balaban J connectivity index is 1.25. The first kappa shape index (κ1) is 20.0. The SMILES string of the molecule is Cc1ccccc1C[NH+]1CCN(C(=O)C[NH+](C)Cc2nc3ccccc3s2)CC1. The topological polar surface area (TPSA) is 42.1 Å². The van der Waals surface area contributed by atoms with Gasteiger partial charge in [0.15, 0.2) is 6.54 Å². The highest BCUT2D eigenvalue weighted by Gasteiger charge is 2.26. The van der Waals surface area contributed by atoms with E-state index in [1.54, 1.807) is 16.2 Å². The summed E-state index contributed by atoms with van der Waals surface area (Å²) in [6.07, 6.45) is 0. The van der Waals surface area contributed by atoms with Crippen LogP contribution in [0.2, 0.25) is 0 Å². The van der Waals surface area contributed by atoms with E-state index in [1.807, 2.05) is 17.0 Å². The number of carbonyl (C=O) groups is 1. The molecule has 2 heterocycles. The molecular formula is C23H30N4OS+2. The molecule has 5 nitrogen and oxygen atoms in total. The van der Waals surface area contributed by atoms with Gasteiger partial charge in [-0.3, -0.25) is 4.79 Å². The van der Waals surface area contributed by atoms with Crippen molar-refractivity contribution in [3.05, 3.63) is 64.7 Å². The molecular weight excluding hydrogens is 380 g/mol. The van der Waals surface area contributed by atoms with Crippen molar-refractivity contribution in [2.45, 2.75) is 20.0 Å². The fourth-order valence-corrected chi connectivity index (χ4v) is 5.09. The molecule has 152 valence electrons. The molecule has 0 saturated carbocycles. The summed E-state index contributed by atoms with van der Waals surface area (Å²) in [5, 5.41) is 1.10. The first-order chi connectivity index (χ1) is 14.1. The standard InChI is InChI=1S/C23H28N4OS/c1-18-7-3-4-8-19(18)15-26-11-13-27(14-12-26)23(28)17-25(2)16-22-24-20-9-5-6-10-21(20)29-22/h3-10H,11-17H2,1-2H3/p+2. The minimum atomic E-state index is 0.263. The van der Waals surface area contributed by atoms with E-state index in [2.05, 4.69) is 50.4 Å². The van der Waals surface area contributed by atoms with Crippen LogP contribution in [0, 0.1) is 6.92 Å². The zero-order valence-corrected chi connectivity index (χ0v) is 18.1. The molecule has 1 fully saturated rings. The van der Waals surface area contributed by atoms with Crippen molar-refractivity contribution in [3.63, 3.8) is 0 Å². The van der Waals surface area contributed by atoms with Gasteiger partial charge in [0.25, 0.3) is 5.91 Å². The number of nitrogens with zero attached hydrogens (tertiary/aromatic N) is 2. The van der Waals surface area contributed by atoms with E-state index < -0.39 is 0 Å². The number of carbonyl (C=O) groups excluding carboxylic acids is 1. The number of para-hydroxylation sites is 1. The largest absolute Gasteiger partial charge is 0.328 e. The number of nitrogens with one attached hydrogen (secondary N) is 2. The Morgan fingerprint density at radius 2 is 1.86 bits per heavy atom. The van der Waals surface area contributed by atoms with Gasteiger partial charge in [0.1, 0.15) is 18.1 Å². The minimum absolute atomic E-state index is 0.263. The van der Waals surface area contributed by atoms with Crippen LogP contribution >= 0.6 is 11.3 Å². The number of piperazine rings is 1. The number of hydrogen-bond acceptors (Lipinski definition) is 3. The van der Waals surface area contributed by atoms with Gasteiger partial charge < -0.3 is 14.7 Å². The van der Waals surface area contributed by atoms with Crippen LogP contribution in [0.4, 0.5) is 0 Å². The van der Waals surface area contributed by atoms with E-state index in [1.165, 1.54) is 20.7 Å². The minimum Gasteiger partial charge on any atom is -0.328 e. The van der Waals surface area contributed by atoms with Crippen molar-refractivity contribution >= 4 is 27.5 Å². The molecule has 0 spiro atoms. The molecule has 29 heavy (non-hydrogen) atoms. The normalized spacial score (nSPS) is 16.3. The van der Waals surface area contributed by atoms with Gasteiger partial charge in [-0.2, -0.15) is 0 Å². The Labute approximate surface area is 176 Å². The van der Waals surface area contributed by atoms with Crippen molar-refractivity contribution in [3.8, 4) is 0 Å². The van der Waals surface area contributed by atoms with Gasteiger partial charge in [0.2, 0.25) is 0 Å². The highest BCUT2D eigenvalue weighted by Crippen LogP contribution is 2.20. The summed E-state index contributed by atoms with van der Waals surface area (Å²) in [7, 11) is 2.09. The molecule has 1 atom stereocenters. The molecule has 2 N–H and O–H groups in total. The van der Waals surface area contributed by atoms with Crippen molar-refractivity contribution in [1.82, 2.24) is 9.88 Å². The van der Waals surface area contributed by atoms with Gasteiger partial charge in [-0.15, -0.1) is 11.3 Å². The van der Waals surface area contributed by atoms with E-state index in [9.17, 15) is 4.79 Å². The second-order valence-electron chi connectivity index (χ2n) is 8.12. The fourth-order valence-electron chi connectivity index (χ4n) is 4.01. The summed E-state index contributed by atoms with van der Waals surface area (Å²) in [5.74, 6) is 0.263. The van der Waals surface area contributed by atoms with E-state index in [0.29, 0.717) is 6.54 Å². The number of likely N-dealkylation sites (N-methyl/N-ethyl adjacent to an activating group) is 1. The quantitative estimate of drug-likeness (QED) is 0.623. The molecule has 6 heteroatoms. The van der Waals surface area contributed by atoms with Crippen LogP contribution in [0.15, 0.2) is 48.5 Å².